The van der Waals surface area contributed by atoms with Gasteiger partial charge in [-0.05, 0) is 31.0 Å². The lowest BCUT2D eigenvalue weighted by molar-refractivity contribution is 0.0974. The van der Waals surface area contributed by atoms with Crippen molar-refractivity contribution >= 4 is 15.6 Å². The maximum atomic E-state index is 12.6. The molecular weight excluding hydrogens is 288 g/mol. The summed E-state index contributed by atoms with van der Waals surface area (Å²) in [7, 11) is -3.34. The van der Waals surface area contributed by atoms with Gasteiger partial charge in [0.05, 0.1) is 17.6 Å². The second kappa shape index (κ2) is 5.44. The average molecular weight is 304 g/mol. The first-order valence-corrected chi connectivity index (χ1v) is 8.66. The highest BCUT2D eigenvalue weighted by atomic mass is 32.2. The third-order valence-electron chi connectivity index (χ3n) is 3.77. The number of aromatic nitrogens is 2. The molecule has 0 N–H and O–H groups in total. The normalized spacial score (nSPS) is 21.0. The van der Waals surface area contributed by atoms with Gasteiger partial charge in [0.25, 0.3) is 0 Å². The molecule has 1 fully saturated rings. The monoisotopic (exact) mass is 304 g/mol. The van der Waals surface area contributed by atoms with Crippen molar-refractivity contribution in [1.29, 1.82) is 0 Å². The fraction of sp³-hybridized carbons (Fsp3) is 0.333. The molecule has 0 saturated carbocycles. The quantitative estimate of drug-likeness (QED) is 0.814. The topological polar surface area (TPSA) is 69.0 Å². The SMILES string of the molecule is O=C(c1ccnn1-c1ccccc1)C1CCCCS1(=O)=O. The van der Waals surface area contributed by atoms with Crippen molar-refractivity contribution in [3.05, 3.63) is 48.3 Å². The van der Waals surface area contributed by atoms with E-state index in [2.05, 4.69) is 5.10 Å². The molecule has 2 aromatic rings. The van der Waals surface area contributed by atoms with Crippen molar-refractivity contribution in [2.75, 3.05) is 5.75 Å². The van der Waals surface area contributed by atoms with Gasteiger partial charge in [0.2, 0.25) is 0 Å². The van der Waals surface area contributed by atoms with Crippen LogP contribution in [0.25, 0.3) is 5.69 Å². The van der Waals surface area contributed by atoms with E-state index in [0.29, 0.717) is 18.5 Å². The van der Waals surface area contributed by atoms with E-state index >= 15 is 0 Å². The van der Waals surface area contributed by atoms with Crippen LogP contribution in [0.15, 0.2) is 42.6 Å². The fourth-order valence-electron chi connectivity index (χ4n) is 2.68. The Morgan fingerprint density at radius 2 is 1.90 bits per heavy atom. The second-order valence-electron chi connectivity index (χ2n) is 5.18. The van der Waals surface area contributed by atoms with Crippen LogP contribution in [0.1, 0.15) is 29.8 Å². The highest BCUT2D eigenvalue weighted by molar-refractivity contribution is 7.92. The molecule has 1 aromatic carbocycles. The molecule has 0 aliphatic carbocycles. The molecule has 1 aliphatic heterocycles. The standard InChI is InChI=1S/C15H16N2O3S/c18-15(14-8-4-5-11-21(14,19)20)13-9-10-16-17(13)12-6-2-1-3-7-12/h1-3,6-7,9-10,14H,4-5,8,11H2. The van der Waals surface area contributed by atoms with Gasteiger partial charge in [-0.1, -0.05) is 24.6 Å². The summed E-state index contributed by atoms with van der Waals surface area (Å²) in [6, 6.07) is 10.8. The summed E-state index contributed by atoms with van der Waals surface area (Å²) in [6.07, 6.45) is 3.34. The Morgan fingerprint density at radius 3 is 2.62 bits per heavy atom. The smallest absolute Gasteiger partial charge is 0.199 e. The number of Topliss-reactive ketones (excluding diaryl/α,β-unsaturated/α-hetero) is 1. The van der Waals surface area contributed by atoms with Crippen molar-refractivity contribution in [3.63, 3.8) is 0 Å². The van der Waals surface area contributed by atoms with Gasteiger partial charge in [0.15, 0.2) is 15.6 Å². The van der Waals surface area contributed by atoms with Crippen LogP contribution in [-0.4, -0.2) is 35.0 Å². The van der Waals surface area contributed by atoms with E-state index in [1.807, 2.05) is 30.3 Å². The molecule has 0 bridgehead atoms. The van der Waals surface area contributed by atoms with Crippen molar-refractivity contribution in [3.8, 4) is 5.69 Å². The molecule has 0 spiro atoms. The van der Waals surface area contributed by atoms with Crippen molar-refractivity contribution in [1.82, 2.24) is 9.78 Å². The molecule has 2 heterocycles. The Balaban J connectivity index is 1.98. The molecule has 5 nitrogen and oxygen atoms in total. The molecule has 0 amide bonds. The number of nitrogens with zero attached hydrogens (tertiary/aromatic N) is 2. The lowest BCUT2D eigenvalue weighted by Gasteiger charge is -2.21. The zero-order chi connectivity index (χ0) is 14.9. The maximum Gasteiger partial charge on any atom is 0.199 e. The first kappa shape index (κ1) is 14.0. The Bertz CT molecular complexity index is 750. The Hall–Kier alpha value is -1.95. The number of carbonyl (C=O) groups excluding carboxylic acids is 1. The summed E-state index contributed by atoms with van der Waals surface area (Å²) in [5, 5.41) is 3.23. The van der Waals surface area contributed by atoms with Crippen LogP contribution in [0.5, 0.6) is 0 Å². The minimum absolute atomic E-state index is 0.100. The van der Waals surface area contributed by atoms with Gasteiger partial charge in [-0.15, -0.1) is 0 Å². The van der Waals surface area contributed by atoms with Crippen LogP contribution in [-0.2, 0) is 9.84 Å². The van der Waals surface area contributed by atoms with Crippen LogP contribution in [0.2, 0.25) is 0 Å². The van der Waals surface area contributed by atoms with E-state index in [0.717, 1.165) is 12.1 Å². The number of sulfone groups is 1. The minimum Gasteiger partial charge on any atom is -0.291 e. The zero-order valence-electron chi connectivity index (χ0n) is 11.5. The van der Waals surface area contributed by atoms with Gasteiger partial charge < -0.3 is 0 Å². The van der Waals surface area contributed by atoms with Crippen molar-refractivity contribution in [2.24, 2.45) is 0 Å². The summed E-state index contributed by atoms with van der Waals surface area (Å²) in [5.74, 6) is -0.251. The van der Waals surface area contributed by atoms with E-state index in [1.54, 1.807) is 6.07 Å². The lowest BCUT2D eigenvalue weighted by atomic mass is 10.1. The number of carbonyl (C=O) groups is 1. The first-order chi connectivity index (χ1) is 10.1. The van der Waals surface area contributed by atoms with Crippen LogP contribution in [0.3, 0.4) is 0 Å². The van der Waals surface area contributed by atoms with Gasteiger partial charge in [-0.2, -0.15) is 5.10 Å². The Labute approximate surface area is 123 Å². The highest BCUT2D eigenvalue weighted by Crippen LogP contribution is 2.24. The van der Waals surface area contributed by atoms with Gasteiger partial charge in [0.1, 0.15) is 10.9 Å². The Morgan fingerprint density at radius 1 is 1.14 bits per heavy atom. The zero-order valence-corrected chi connectivity index (χ0v) is 12.3. The Kier molecular flexibility index (Phi) is 3.63. The predicted molar refractivity (Wildman–Crippen MR) is 79.3 cm³/mol. The predicted octanol–water partition coefficient (Wildman–Crippen LogP) is 2.02. The molecule has 1 unspecified atom stereocenters. The molecule has 3 rings (SSSR count). The highest BCUT2D eigenvalue weighted by Gasteiger charge is 2.36. The molecule has 0 radical (unpaired) electrons. The average Bonchev–Trinajstić information content (AvgIpc) is 2.96. The number of ketones is 1. The van der Waals surface area contributed by atoms with Gasteiger partial charge in [-0.3, -0.25) is 4.79 Å². The molecule has 1 saturated heterocycles. The number of hydrogen-bond acceptors (Lipinski definition) is 4. The molecular formula is C15H16N2O3S. The summed E-state index contributed by atoms with van der Waals surface area (Å²) < 4.78 is 25.7. The third-order valence-corrected chi connectivity index (χ3v) is 5.94. The number of hydrogen-bond donors (Lipinski definition) is 0. The van der Waals surface area contributed by atoms with Gasteiger partial charge in [0, 0.05) is 0 Å². The minimum atomic E-state index is -3.34. The fourth-order valence-corrected chi connectivity index (χ4v) is 4.54. The van der Waals surface area contributed by atoms with E-state index in [1.165, 1.54) is 10.9 Å². The molecule has 110 valence electrons. The third kappa shape index (κ3) is 2.63. The molecule has 1 aromatic heterocycles. The molecule has 21 heavy (non-hydrogen) atoms. The summed E-state index contributed by atoms with van der Waals surface area (Å²) >= 11 is 0. The first-order valence-electron chi connectivity index (χ1n) is 6.95. The van der Waals surface area contributed by atoms with E-state index in [-0.39, 0.29) is 11.5 Å². The second-order valence-corrected chi connectivity index (χ2v) is 7.48. The van der Waals surface area contributed by atoms with Crippen molar-refractivity contribution in [2.45, 2.75) is 24.5 Å². The van der Waals surface area contributed by atoms with Gasteiger partial charge in [-0.25, -0.2) is 13.1 Å². The largest absolute Gasteiger partial charge is 0.291 e. The summed E-state index contributed by atoms with van der Waals surface area (Å²) in [4.78, 5) is 12.6. The molecule has 1 atom stereocenters. The van der Waals surface area contributed by atoms with Gasteiger partial charge >= 0.3 is 0 Å². The van der Waals surface area contributed by atoms with Crippen LogP contribution in [0.4, 0.5) is 0 Å². The van der Waals surface area contributed by atoms with E-state index < -0.39 is 15.1 Å². The summed E-state index contributed by atoms with van der Waals surface area (Å²) in [6.45, 7) is 0. The van der Waals surface area contributed by atoms with Crippen LogP contribution in [0, 0.1) is 0 Å². The number of rotatable bonds is 3. The maximum absolute atomic E-state index is 12.6. The molecule has 6 heteroatoms. The molecule has 1 aliphatic rings. The lowest BCUT2D eigenvalue weighted by Crippen LogP contribution is -2.36. The van der Waals surface area contributed by atoms with Crippen molar-refractivity contribution < 1.29 is 13.2 Å². The van der Waals surface area contributed by atoms with Crippen LogP contribution < -0.4 is 0 Å². The number of para-hydroxylation sites is 1. The van der Waals surface area contributed by atoms with Crippen LogP contribution >= 0.6 is 0 Å². The van der Waals surface area contributed by atoms with E-state index in [4.69, 9.17) is 0 Å². The number of benzene rings is 1. The summed E-state index contributed by atoms with van der Waals surface area (Å²) in [5.41, 5.74) is 1.08. The van der Waals surface area contributed by atoms with E-state index in [9.17, 15) is 13.2 Å².